The van der Waals surface area contributed by atoms with E-state index in [-0.39, 0.29) is 11.2 Å². The Hall–Kier alpha value is -2.39. The first kappa shape index (κ1) is 19.4. The van der Waals surface area contributed by atoms with Crippen LogP contribution in [-0.2, 0) is 11.8 Å². The van der Waals surface area contributed by atoms with Crippen molar-refractivity contribution in [1.82, 2.24) is 19.7 Å². The molecule has 9 heteroatoms. The zero-order valence-electron chi connectivity index (χ0n) is 15.8. The second-order valence-corrected chi connectivity index (χ2v) is 8.51. The number of nitrogens with one attached hydrogen (secondary N) is 1. The predicted octanol–water partition coefficient (Wildman–Crippen LogP) is 3.68. The summed E-state index contributed by atoms with van der Waals surface area (Å²) in [6.07, 6.45) is 0. The predicted molar refractivity (Wildman–Crippen MR) is 109 cm³/mol. The zero-order valence-corrected chi connectivity index (χ0v) is 17.4. The van der Waals surface area contributed by atoms with Gasteiger partial charge in [0, 0.05) is 17.5 Å². The average molecular weight is 404 g/mol. The molecule has 1 atom stereocenters. The molecule has 7 nitrogen and oxygen atoms in total. The standard InChI is InChI=1S/C18H21N5O2S2/c1-10-11(2)26-17(19-10)20-16(24)12(3)27-18-22-21-15(23(18)4)13-6-8-14(25-5)9-7-13/h6-9,12H,1-5H3,(H,19,20,24). The lowest BCUT2D eigenvalue weighted by molar-refractivity contribution is -0.115. The lowest BCUT2D eigenvalue weighted by atomic mass is 10.2. The maximum absolute atomic E-state index is 12.5. The van der Waals surface area contributed by atoms with Gasteiger partial charge in [0.1, 0.15) is 5.75 Å². The van der Waals surface area contributed by atoms with Gasteiger partial charge in [-0.15, -0.1) is 21.5 Å². The third-order valence-electron chi connectivity index (χ3n) is 4.09. The fourth-order valence-electron chi connectivity index (χ4n) is 2.35. The van der Waals surface area contributed by atoms with Crippen molar-refractivity contribution in [3.8, 4) is 17.1 Å². The number of rotatable bonds is 6. The molecule has 3 aromatic rings. The summed E-state index contributed by atoms with van der Waals surface area (Å²) in [5, 5.41) is 12.3. The Balaban J connectivity index is 1.69. The molecule has 2 heterocycles. The minimum atomic E-state index is -0.332. The molecular formula is C18H21N5O2S2. The maximum atomic E-state index is 12.5. The van der Waals surface area contributed by atoms with Crippen molar-refractivity contribution in [1.29, 1.82) is 0 Å². The summed E-state index contributed by atoms with van der Waals surface area (Å²) in [7, 11) is 3.52. The molecule has 2 aromatic heterocycles. The second-order valence-electron chi connectivity index (χ2n) is 6.00. The van der Waals surface area contributed by atoms with Crippen molar-refractivity contribution in [2.24, 2.45) is 7.05 Å². The molecule has 0 aliphatic heterocycles. The number of methoxy groups -OCH3 is 1. The average Bonchev–Trinajstić information content (AvgIpc) is 3.17. The second kappa shape index (κ2) is 8.10. The van der Waals surface area contributed by atoms with E-state index in [1.807, 2.05) is 56.7 Å². The number of thiazole rings is 1. The van der Waals surface area contributed by atoms with Gasteiger partial charge in [0.05, 0.1) is 18.1 Å². The van der Waals surface area contributed by atoms with E-state index in [9.17, 15) is 4.79 Å². The molecule has 0 bridgehead atoms. The van der Waals surface area contributed by atoms with E-state index in [4.69, 9.17) is 4.74 Å². The van der Waals surface area contributed by atoms with Gasteiger partial charge in [0.2, 0.25) is 5.91 Å². The van der Waals surface area contributed by atoms with Crippen LogP contribution in [0.15, 0.2) is 29.4 Å². The summed E-state index contributed by atoms with van der Waals surface area (Å²) in [6, 6.07) is 7.62. The van der Waals surface area contributed by atoms with Crippen molar-refractivity contribution in [3.05, 3.63) is 34.8 Å². The van der Waals surface area contributed by atoms with Crippen LogP contribution < -0.4 is 10.1 Å². The van der Waals surface area contributed by atoms with Gasteiger partial charge in [-0.25, -0.2) is 4.98 Å². The molecule has 1 unspecified atom stereocenters. The number of carbonyl (C=O) groups is 1. The lowest BCUT2D eigenvalue weighted by Crippen LogP contribution is -2.22. The molecule has 0 radical (unpaired) electrons. The number of nitrogens with zero attached hydrogens (tertiary/aromatic N) is 4. The van der Waals surface area contributed by atoms with E-state index in [1.165, 1.54) is 23.1 Å². The highest BCUT2D eigenvalue weighted by Crippen LogP contribution is 2.28. The summed E-state index contributed by atoms with van der Waals surface area (Å²) < 4.78 is 7.06. The van der Waals surface area contributed by atoms with Gasteiger partial charge in [-0.2, -0.15) is 0 Å². The number of carbonyl (C=O) groups excluding carboxylic acids is 1. The molecule has 142 valence electrons. The van der Waals surface area contributed by atoms with Crippen molar-refractivity contribution in [2.45, 2.75) is 31.2 Å². The molecule has 0 saturated carbocycles. The Morgan fingerprint density at radius 2 is 1.96 bits per heavy atom. The number of aryl methyl sites for hydroxylation is 2. The highest BCUT2D eigenvalue weighted by Gasteiger charge is 2.20. The fourth-order valence-corrected chi connectivity index (χ4v) is 3.99. The van der Waals surface area contributed by atoms with Gasteiger partial charge >= 0.3 is 0 Å². The molecule has 1 amide bonds. The molecule has 0 aliphatic rings. The number of anilines is 1. The number of hydrogen-bond donors (Lipinski definition) is 1. The van der Waals surface area contributed by atoms with E-state index in [0.29, 0.717) is 10.3 Å². The lowest BCUT2D eigenvalue weighted by Gasteiger charge is -2.10. The summed E-state index contributed by atoms with van der Waals surface area (Å²) in [6.45, 7) is 5.76. The van der Waals surface area contributed by atoms with E-state index >= 15 is 0 Å². The number of benzene rings is 1. The van der Waals surface area contributed by atoms with Crippen molar-refractivity contribution >= 4 is 34.1 Å². The SMILES string of the molecule is COc1ccc(-c2nnc(SC(C)C(=O)Nc3nc(C)c(C)s3)n2C)cc1. The summed E-state index contributed by atoms with van der Waals surface area (Å²) in [5.74, 6) is 1.41. The topological polar surface area (TPSA) is 81.9 Å². The fraction of sp³-hybridized carbons (Fsp3) is 0.333. The molecule has 0 saturated heterocycles. The summed E-state index contributed by atoms with van der Waals surface area (Å²) in [5.41, 5.74) is 1.87. The number of hydrogen-bond acceptors (Lipinski definition) is 7. The quantitative estimate of drug-likeness (QED) is 0.632. The molecule has 0 aliphatic carbocycles. The molecule has 0 spiro atoms. The Kier molecular flexibility index (Phi) is 5.81. The van der Waals surface area contributed by atoms with Gasteiger partial charge in [0.15, 0.2) is 16.1 Å². The van der Waals surface area contributed by atoms with Crippen LogP contribution in [-0.4, -0.2) is 38.0 Å². The van der Waals surface area contributed by atoms with E-state index in [2.05, 4.69) is 20.5 Å². The van der Waals surface area contributed by atoms with Crippen LogP contribution in [0.2, 0.25) is 0 Å². The summed E-state index contributed by atoms with van der Waals surface area (Å²) >= 11 is 2.84. The summed E-state index contributed by atoms with van der Waals surface area (Å²) in [4.78, 5) is 17.9. The normalized spacial score (nSPS) is 12.0. The molecule has 0 fully saturated rings. The van der Waals surface area contributed by atoms with Crippen LogP contribution in [0, 0.1) is 13.8 Å². The minimum Gasteiger partial charge on any atom is -0.497 e. The number of thioether (sulfide) groups is 1. The van der Waals surface area contributed by atoms with Gasteiger partial charge in [-0.05, 0) is 45.0 Å². The third kappa shape index (κ3) is 4.30. The van der Waals surface area contributed by atoms with Crippen molar-refractivity contribution in [2.75, 3.05) is 12.4 Å². The van der Waals surface area contributed by atoms with Gasteiger partial charge in [0.25, 0.3) is 0 Å². The van der Waals surface area contributed by atoms with Crippen LogP contribution in [0.4, 0.5) is 5.13 Å². The Morgan fingerprint density at radius 3 is 2.56 bits per heavy atom. The van der Waals surface area contributed by atoms with Gasteiger partial charge in [-0.3, -0.25) is 4.79 Å². The number of ether oxygens (including phenoxy) is 1. The van der Waals surface area contributed by atoms with Crippen molar-refractivity contribution < 1.29 is 9.53 Å². The Morgan fingerprint density at radius 1 is 1.26 bits per heavy atom. The highest BCUT2D eigenvalue weighted by atomic mass is 32.2. The third-order valence-corrected chi connectivity index (χ3v) is 6.22. The minimum absolute atomic E-state index is 0.109. The van der Waals surface area contributed by atoms with Crippen LogP contribution >= 0.6 is 23.1 Å². The number of aromatic nitrogens is 4. The number of amides is 1. The largest absolute Gasteiger partial charge is 0.497 e. The Labute approximate surface area is 166 Å². The van der Waals surface area contributed by atoms with Crippen LogP contribution in [0.1, 0.15) is 17.5 Å². The molecule has 1 N–H and O–H groups in total. The molecule has 27 heavy (non-hydrogen) atoms. The van der Waals surface area contributed by atoms with Gasteiger partial charge in [-0.1, -0.05) is 11.8 Å². The van der Waals surface area contributed by atoms with E-state index in [0.717, 1.165) is 27.7 Å². The van der Waals surface area contributed by atoms with Crippen molar-refractivity contribution in [3.63, 3.8) is 0 Å². The molecule has 3 rings (SSSR count). The van der Waals surface area contributed by atoms with Crippen LogP contribution in [0.3, 0.4) is 0 Å². The first-order chi connectivity index (χ1) is 12.9. The monoisotopic (exact) mass is 403 g/mol. The van der Waals surface area contributed by atoms with Crippen LogP contribution in [0.5, 0.6) is 5.75 Å². The van der Waals surface area contributed by atoms with E-state index in [1.54, 1.807) is 7.11 Å². The zero-order chi connectivity index (χ0) is 19.6. The Bertz CT molecular complexity index is 930. The molecular weight excluding hydrogens is 382 g/mol. The first-order valence-electron chi connectivity index (χ1n) is 8.34. The van der Waals surface area contributed by atoms with E-state index < -0.39 is 0 Å². The first-order valence-corrected chi connectivity index (χ1v) is 10.0. The van der Waals surface area contributed by atoms with Gasteiger partial charge < -0.3 is 14.6 Å². The maximum Gasteiger partial charge on any atom is 0.239 e. The molecule has 1 aromatic carbocycles. The smallest absolute Gasteiger partial charge is 0.239 e. The van der Waals surface area contributed by atoms with Crippen LogP contribution in [0.25, 0.3) is 11.4 Å². The highest BCUT2D eigenvalue weighted by molar-refractivity contribution is 8.00.